The van der Waals surface area contributed by atoms with Crippen LogP contribution in [0.3, 0.4) is 0 Å². The van der Waals surface area contributed by atoms with Gasteiger partial charge in [0.05, 0.1) is 5.92 Å². The Bertz CT molecular complexity index is 441. The van der Waals surface area contributed by atoms with E-state index in [0.717, 1.165) is 12.0 Å². The molecule has 1 N–H and O–H groups in total. The Hall–Kier alpha value is -1.10. The second-order valence-corrected chi connectivity index (χ2v) is 5.72. The zero-order valence-electron chi connectivity index (χ0n) is 12.1. The number of alkyl halides is 3. The van der Waals surface area contributed by atoms with Gasteiger partial charge in [0.25, 0.3) is 0 Å². The maximum absolute atomic E-state index is 13.1. The van der Waals surface area contributed by atoms with E-state index in [1.54, 1.807) is 12.1 Å². The molecule has 1 saturated carbocycles. The SMILES string of the molecule is CCC(NC1CCCCC1C(F)(F)F)c1ccc(F)cc1. The van der Waals surface area contributed by atoms with Crippen molar-refractivity contribution in [2.45, 2.75) is 57.3 Å². The Morgan fingerprint density at radius 1 is 1.14 bits per heavy atom. The number of halogens is 4. The molecule has 0 saturated heterocycles. The van der Waals surface area contributed by atoms with Gasteiger partial charge in [0, 0.05) is 12.1 Å². The Labute approximate surface area is 122 Å². The molecule has 1 nitrogen and oxygen atoms in total. The van der Waals surface area contributed by atoms with Gasteiger partial charge < -0.3 is 5.32 Å². The minimum absolute atomic E-state index is 0.168. The van der Waals surface area contributed by atoms with Crippen LogP contribution in [0.1, 0.15) is 50.6 Å². The normalized spacial score (nSPS) is 24.8. The molecule has 0 bridgehead atoms. The van der Waals surface area contributed by atoms with Crippen molar-refractivity contribution in [3.05, 3.63) is 35.6 Å². The fraction of sp³-hybridized carbons (Fsp3) is 0.625. The summed E-state index contributed by atoms with van der Waals surface area (Å²) in [6, 6.07) is 5.26. The van der Waals surface area contributed by atoms with Gasteiger partial charge >= 0.3 is 6.18 Å². The van der Waals surface area contributed by atoms with Gasteiger partial charge in [-0.2, -0.15) is 13.2 Å². The predicted octanol–water partition coefficient (Wildman–Crippen LogP) is 4.99. The molecule has 0 aliphatic heterocycles. The zero-order valence-corrected chi connectivity index (χ0v) is 12.1. The van der Waals surface area contributed by atoms with E-state index in [-0.39, 0.29) is 18.3 Å². The average molecular weight is 303 g/mol. The molecule has 3 atom stereocenters. The van der Waals surface area contributed by atoms with Crippen LogP contribution in [0.4, 0.5) is 17.6 Å². The summed E-state index contributed by atoms with van der Waals surface area (Å²) in [7, 11) is 0. The molecule has 21 heavy (non-hydrogen) atoms. The molecular formula is C16H21F4N. The quantitative estimate of drug-likeness (QED) is 0.773. The Kier molecular flexibility index (Phi) is 5.25. The van der Waals surface area contributed by atoms with Crippen LogP contribution in [0.5, 0.6) is 0 Å². The lowest BCUT2D eigenvalue weighted by Crippen LogP contribution is -2.46. The molecule has 1 aliphatic rings. The van der Waals surface area contributed by atoms with Crippen molar-refractivity contribution in [2.75, 3.05) is 0 Å². The number of nitrogens with one attached hydrogen (secondary N) is 1. The summed E-state index contributed by atoms with van der Waals surface area (Å²) in [4.78, 5) is 0. The van der Waals surface area contributed by atoms with Crippen LogP contribution in [0.15, 0.2) is 24.3 Å². The van der Waals surface area contributed by atoms with Gasteiger partial charge in [-0.1, -0.05) is 31.9 Å². The van der Waals surface area contributed by atoms with E-state index in [1.807, 2.05) is 6.92 Å². The van der Waals surface area contributed by atoms with Crippen molar-refractivity contribution < 1.29 is 17.6 Å². The first-order valence-corrected chi connectivity index (χ1v) is 7.50. The zero-order chi connectivity index (χ0) is 15.5. The summed E-state index contributed by atoms with van der Waals surface area (Å²) in [6.07, 6.45) is -1.28. The molecule has 0 aromatic heterocycles. The van der Waals surface area contributed by atoms with Crippen LogP contribution in [0.2, 0.25) is 0 Å². The maximum atomic E-state index is 13.1. The van der Waals surface area contributed by atoms with Gasteiger partial charge in [-0.3, -0.25) is 0 Å². The Morgan fingerprint density at radius 2 is 1.76 bits per heavy atom. The largest absolute Gasteiger partial charge is 0.393 e. The molecule has 1 aromatic carbocycles. The van der Waals surface area contributed by atoms with E-state index in [0.29, 0.717) is 19.3 Å². The molecule has 5 heteroatoms. The van der Waals surface area contributed by atoms with Crippen molar-refractivity contribution >= 4 is 0 Å². The van der Waals surface area contributed by atoms with Gasteiger partial charge in [-0.15, -0.1) is 0 Å². The molecule has 0 spiro atoms. The minimum atomic E-state index is -4.15. The average Bonchev–Trinajstić information content (AvgIpc) is 2.45. The number of hydrogen-bond acceptors (Lipinski definition) is 1. The van der Waals surface area contributed by atoms with Crippen molar-refractivity contribution in [3.63, 3.8) is 0 Å². The highest BCUT2D eigenvalue weighted by Crippen LogP contribution is 2.38. The molecule has 0 heterocycles. The minimum Gasteiger partial charge on any atom is -0.307 e. The Balaban J connectivity index is 2.10. The summed E-state index contributed by atoms with van der Waals surface area (Å²) < 4.78 is 52.3. The summed E-state index contributed by atoms with van der Waals surface area (Å²) in [5.41, 5.74) is 0.838. The van der Waals surface area contributed by atoms with E-state index in [9.17, 15) is 17.6 Å². The molecule has 1 aromatic rings. The third-order valence-electron chi connectivity index (χ3n) is 4.28. The van der Waals surface area contributed by atoms with Gasteiger partial charge in [-0.25, -0.2) is 4.39 Å². The Morgan fingerprint density at radius 3 is 2.33 bits per heavy atom. The molecule has 1 aliphatic carbocycles. The van der Waals surface area contributed by atoms with E-state index < -0.39 is 18.1 Å². The van der Waals surface area contributed by atoms with E-state index >= 15 is 0 Å². The van der Waals surface area contributed by atoms with Gasteiger partial charge in [0.1, 0.15) is 5.82 Å². The summed E-state index contributed by atoms with van der Waals surface area (Å²) in [5, 5.41) is 3.16. The monoisotopic (exact) mass is 303 g/mol. The highest BCUT2D eigenvalue weighted by Gasteiger charge is 2.45. The molecule has 0 amide bonds. The van der Waals surface area contributed by atoms with Crippen molar-refractivity contribution in [1.82, 2.24) is 5.32 Å². The highest BCUT2D eigenvalue weighted by molar-refractivity contribution is 5.20. The van der Waals surface area contributed by atoms with E-state index in [2.05, 4.69) is 5.32 Å². The fourth-order valence-corrected chi connectivity index (χ4v) is 3.13. The number of benzene rings is 1. The molecular weight excluding hydrogens is 282 g/mol. The molecule has 2 rings (SSSR count). The second kappa shape index (κ2) is 6.77. The first kappa shape index (κ1) is 16.3. The third kappa shape index (κ3) is 4.19. The van der Waals surface area contributed by atoms with Crippen LogP contribution < -0.4 is 5.32 Å². The summed E-state index contributed by atoms with van der Waals surface area (Å²) in [5.74, 6) is -1.61. The van der Waals surface area contributed by atoms with Crippen LogP contribution >= 0.6 is 0 Å². The number of rotatable bonds is 4. The highest BCUT2D eigenvalue weighted by atomic mass is 19.4. The van der Waals surface area contributed by atoms with E-state index in [1.165, 1.54) is 12.1 Å². The number of hydrogen-bond donors (Lipinski definition) is 1. The first-order valence-electron chi connectivity index (χ1n) is 7.50. The van der Waals surface area contributed by atoms with Gasteiger partial charge in [-0.05, 0) is 37.0 Å². The third-order valence-corrected chi connectivity index (χ3v) is 4.28. The fourth-order valence-electron chi connectivity index (χ4n) is 3.13. The smallest absolute Gasteiger partial charge is 0.307 e. The second-order valence-electron chi connectivity index (χ2n) is 5.72. The maximum Gasteiger partial charge on any atom is 0.393 e. The van der Waals surface area contributed by atoms with Crippen LogP contribution in [0.25, 0.3) is 0 Å². The molecule has 0 radical (unpaired) electrons. The van der Waals surface area contributed by atoms with Crippen LogP contribution in [-0.2, 0) is 0 Å². The molecule has 3 unspecified atom stereocenters. The lowest BCUT2D eigenvalue weighted by Gasteiger charge is -2.36. The first-order chi connectivity index (χ1) is 9.91. The predicted molar refractivity (Wildman–Crippen MR) is 74.4 cm³/mol. The molecule has 1 fully saturated rings. The van der Waals surface area contributed by atoms with Crippen molar-refractivity contribution in [2.24, 2.45) is 5.92 Å². The standard InChI is InChI=1S/C16H21F4N/c1-2-14(11-7-9-12(17)10-8-11)21-15-6-4-3-5-13(15)16(18,19)20/h7-10,13-15,21H,2-6H2,1H3. The lowest BCUT2D eigenvalue weighted by atomic mass is 9.83. The van der Waals surface area contributed by atoms with E-state index in [4.69, 9.17) is 0 Å². The summed E-state index contributed by atoms with van der Waals surface area (Å²) >= 11 is 0. The summed E-state index contributed by atoms with van der Waals surface area (Å²) in [6.45, 7) is 1.92. The topological polar surface area (TPSA) is 12.0 Å². The van der Waals surface area contributed by atoms with Crippen LogP contribution in [-0.4, -0.2) is 12.2 Å². The van der Waals surface area contributed by atoms with Crippen molar-refractivity contribution in [1.29, 1.82) is 0 Å². The molecule has 118 valence electrons. The van der Waals surface area contributed by atoms with Crippen LogP contribution in [0, 0.1) is 11.7 Å². The van der Waals surface area contributed by atoms with Gasteiger partial charge in [0.15, 0.2) is 0 Å². The lowest BCUT2D eigenvalue weighted by molar-refractivity contribution is -0.189. The van der Waals surface area contributed by atoms with Gasteiger partial charge in [0.2, 0.25) is 0 Å². The van der Waals surface area contributed by atoms with Crippen molar-refractivity contribution in [3.8, 4) is 0 Å².